The van der Waals surface area contributed by atoms with Crippen LogP contribution in [0.15, 0.2) is 24.3 Å². The van der Waals surface area contributed by atoms with Crippen LogP contribution in [-0.2, 0) is 11.2 Å². The van der Waals surface area contributed by atoms with Crippen LogP contribution in [0.3, 0.4) is 0 Å². The summed E-state index contributed by atoms with van der Waals surface area (Å²) in [7, 11) is 1.66. The summed E-state index contributed by atoms with van der Waals surface area (Å²) < 4.78 is 5.10. The number of aryl methyl sites for hydroxylation is 1. The van der Waals surface area contributed by atoms with E-state index in [0.717, 1.165) is 31.7 Å². The molecule has 0 unspecified atom stereocenters. The zero-order valence-electron chi connectivity index (χ0n) is 10.2. The first kappa shape index (κ1) is 12.1. The standard InChI is InChI=1S/C14H19NO2/c1-17-14-6-3-11(4-7-14)2-5-13(16)8-12-9-15-10-12/h3-4,6-7,12,15H,2,5,8-10H2,1H3. The van der Waals surface area contributed by atoms with Crippen molar-refractivity contribution in [3.8, 4) is 5.75 Å². The Kier molecular flexibility index (Phi) is 4.15. The average molecular weight is 233 g/mol. The molecule has 0 aromatic heterocycles. The van der Waals surface area contributed by atoms with E-state index < -0.39 is 0 Å². The zero-order chi connectivity index (χ0) is 12.1. The molecule has 1 aromatic carbocycles. The first-order valence-corrected chi connectivity index (χ1v) is 6.13. The van der Waals surface area contributed by atoms with Crippen LogP contribution in [0, 0.1) is 5.92 Å². The second-order valence-corrected chi connectivity index (χ2v) is 4.62. The number of ether oxygens (including phenoxy) is 1. The molecule has 0 saturated carbocycles. The summed E-state index contributed by atoms with van der Waals surface area (Å²) in [5.74, 6) is 1.83. The van der Waals surface area contributed by atoms with Gasteiger partial charge in [-0.2, -0.15) is 0 Å². The van der Waals surface area contributed by atoms with E-state index >= 15 is 0 Å². The summed E-state index contributed by atoms with van der Waals surface area (Å²) >= 11 is 0. The molecule has 0 atom stereocenters. The molecule has 1 aromatic rings. The van der Waals surface area contributed by atoms with Crippen LogP contribution in [-0.4, -0.2) is 26.0 Å². The van der Waals surface area contributed by atoms with Crippen molar-refractivity contribution in [2.24, 2.45) is 5.92 Å². The van der Waals surface area contributed by atoms with Crippen LogP contribution in [0.2, 0.25) is 0 Å². The molecule has 1 fully saturated rings. The van der Waals surface area contributed by atoms with Crippen LogP contribution in [0.5, 0.6) is 5.75 Å². The minimum Gasteiger partial charge on any atom is -0.497 e. The average Bonchev–Trinajstić information content (AvgIpc) is 2.32. The van der Waals surface area contributed by atoms with Crippen molar-refractivity contribution in [2.45, 2.75) is 19.3 Å². The van der Waals surface area contributed by atoms with Crippen LogP contribution in [0.25, 0.3) is 0 Å². The van der Waals surface area contributed by atoms with E-state index in [1.54, 1.807) is 7.11 Å². The van der Waals surface area contributed by atoms with Gasteiger partial charge in [0.1, 0.15) is 11.5 Å². The Morgan fingerprint density at radius 2 is 2.06 bits per heavy atom. The van der Waals surface area contributed by atoms with Crippen molar-refractivity contribution < 1.29 is 9.53 Å². The monoisotopic (exact) mass is 233 g/mol. The third kappa shape index (κ3) is 3.56. The maximum absolute atomic E-state index is 11.7. The number of carbonyl (C=O) groups is 1. The molecule has 0 amide bonds. The lowest BCUT2D eigenvalue weighted by atomic mass is 9.94. The van der Waals surface area contributed by atoms with Crippen molar-refractivity contribution in [3.63, 3.8) is 0 Å². The lowest BCUT2D eigenvalue weighted by molar-refractivity contribution is -0.120. The minimum atomic E-state index is 0.382. The molecule has 0 spiro atoms. The molecule has 1 N–H and O–H groups in total. The second-order valence-electron chi connectivity index (χ2n) is 4.62. The Morgan fingerprint density at radius 3 is 2.59 bits per heavy atom. The van der Waals surface area contributed by atoms with Crippen molar-refractivity contribution in [1.82, 2.24) is 5.32 Å². The van der Waals surface area contributed by atoms with E-state index in [2.05, 4.69) is 5.32 Å². The Balaban J connectivity index is 1.74. The largest absolute Gasteiger partial charge is 0.497 e. The van der Waals surface area contributed by atoms with Gasteiger partial charge in [0.2, 0.25) is 0 Å². The molecule has 1 aliphatic heterocycles. The molecular weight excluding hydrogens is 214 g/mol. The van der Waals surface area contributed by atoms with Crippen molar-refractivity contribution in [2.75, 3.05) is 20.2 Å². The molecule has 0 aliphatic carbocycles. The van der Waals surface area contributed by atoms with E-state index in [-0.39, 0.29) is 0 Å². The van der Waals surface area contributed by atoms with Crippen molar-refractivity contribution in [3.05, 3.63) is 29.8 Å². The molecule has 92 valence electrons. The summed E-state index contributed by atoms with van der Waals surface area (Å²) in [6, 6.07) is 7.93. The third-order valence-corrected chi connectivity index (χ3v) is 3.23. The minimum absolute atomic E-state index is 0.382. The summed E-state index contributed by atoms with van der Waals surface area (Å²) in [5, 5.41) is 3.19. The normalized spacial score (nSPS) is 15.4. The van der Waals surface area contributed by atoms with Crippen LogP contribution < -0.4 is 10.1 Å². The number of ketones is 1. The lowest BCUT2D eigenvalue weighted by Crippen LogP contribution is -2.42. The molecule has 1 aliphatic rings. The maximum atomic E-state index is 11.7. The Labute approximate surface area is 102 Å². The van der Waals surface area contributed by atoms with Gasteiger partial charge in [0.05, 0.1) is 7.11 Å². The Hall–Kier alpha value is -1.35. The number of rotatable bonds is 6. The Bertz CT molecular complexity index is 368. The lowest BCUT2D eigenvalue weighted by Gasteiger charge is -2.26. The van der Waals surface area contributed by atoms with Crippen LogP contribution >= 0.6 is 0 Å². The fourth-order valence-electron chi connectivity index (χ4n) is 1.99. The number of carbonyl (C=O) groups excluding carboxylic acids is 1. The van der Waals surface area contributed by atoms with Crippen LogP contribution in [0.1, 0.15) is 18.4 Å². The van der Waals surface area contributed by atoms with Gasteiger partial charge in [-0.1, -0.05) is 12.1 Å². The molecule has 0 bridgehead atoms. The number of nitrogens with one attached hydrogen (secondary N) is 1. The summed E-state index contributed by atoms with van der Waals surface area (Å²) in [6.07, 6.45) is 2.23. The smallest absolute Gasteiger partial charge is 0.133 e. The fraction of sp³-hybridized carbons (Fsp3) is 0.500. The van der Waals surface area contributed by atoms with Gasteiger partial charge in [-0.05, 0) is 43.1 Å². The van der Waals surface area contributed by atoms with Gasteiger partial charge in [0.25, 0.3) is 0 Å². The predicted octanol–water partition coefficient (Wildman–Crippen LogP) is 1.81. The number of hydrogen-bond acceptors (Lipinski definition) is 3. The van der Waals surface area contributed by atoms with Gasteiger partial charge in [0, 0.05) is 12.8 Å². The van der Waals surface area contributed by atoms with E-state index in [0.29, 0.717) is 18.1 Å². The van der Waals surface area contributed by atoms with Crippen molar-refractivity contribution >= 4 is 5.78 Å². The Morgan fingerprint density at radius 1 is 1.35 bits per heavy atom. The van der Waals surface area contributed by atoms with Crippen LogP contribution in [0.4, 0.5) is 0 Å². The molecule has 1 saturated heterocycles. The van der Waals surface area contributed by atoms with Gasteiger partial charge in [-0.15, -0.1) is 0 Å². The topological polar surface area (TPSA) is 38.3 Å². The van der Waals surface area contributed by atoms with E-state index in [1.165, 1.54) is 5.56 Å². The van der Waals surface area contributed by atoms with Gasteiger partial charge in [-0.3, -0.25) is 4.79 Å². The fourth-order valence-corrected chi connectivity index (χ4v) is 1.99. The maximum Gasteiger partial charge on any atom is 0.133 e. The van der Waals surface area contributed by atoms with E-state index in [9.17, 15) is 4.79 Å². The molecule has 3 nitrogen and oxygen atoms in total. The number of methoxy groups -OCH3 is 1. The number of hydrogen-bond donors (Lipinski definition) is 1. The molecule has 3 heteroatoms. The predicted molar refractivity (Wildman–Crippen MR) is 67.3 cm³/mol. The zero-order valence-corrected chi connectivity index (χ0v) is 10.2. The molecule has 1 heterocycles. The molecule has 17 heavy (non-hydrogen) atoms. The second kappa shape index (κ2) is 5.82. The third-order valence-electron chi connectivity index (χ3n) is 3.23. The van der Waals surface area contributed by atoms with Gasteiger partial charge < -0.3 is 10.1 Å². The molecule has 0 radical (unpaired) electrons. The SMILES string of the molecule is COc1ccc(CCC(=O)CC2CNC2)cc1. The van der Waals surface area contributed by atoms with Crippen molar-refractivity contribution in [1.29, 1.82) is 0 Å². The number of benzene rings is 1. The first-order chi connectivity index (χ1) is 8.28. The quantitative estimate of drug-likeness (QED) is 0.814. The molecule has 2 rings (SSSR count). The van der Waals surface area contributed by atoms with Gasteiger partial charge in [0.15, 0.2) is 0 Å². The van der Waals surface area contributed by atoms with E-state index in [1.807, 2.05) is 24.3 Å². The highest BCUT2D eigenvalue weighted by molar-refractivity contribution is 5.79. The summed E-state index contributed by atoms with van der Waals surface area (Å²) in [6.45, 7) is 2.02. The van der Waals surface area contributed by atoms with E-state index in [4.69, 9.17) is 4.74 Å². The highest BCUT2D eigenvalue weighted by Crippen LogP contribution is 2.15. The summed E-state index contributed by atoms with van der Waals surface area (Å²) in [4.78, 5) is 11.7. The van der Waals surface area contributed by atoms with Gasteiger partial charge >= 0.3 is 0 Å². The molecular formula is C14H19NO2. The summed E-state index contributed by atoms with van der Waals surface area (Å²) in [5.41, 5.74) is 1.20. The number of Topliss-reactive ketones (excluding diaryl/α,β-unsaturated/α-hetero) is 1. The highest BCUT2D eigenvalue weighted by atomic mass is 16.5. The first-order valence-electron chi connectivity index (χ1n) is 6.13. The van der Waals surface area contributed by atoms with Gasteiger partial charge in [-0.25, -0.2) is 0 Å². The highest BCUT2D eigenvalue weighted by Gasteiger charge is 2.19.